The van der Waals surface area contributed by atoms with E-state index in [2.05, 4.69) is 25.2 Å². The normalized spacial score (nSPS) is 27.9. The second-order valence-electron chi connectivity index (χ2n) is 4.44. The zero-order valence-corrected chi connectivity index (χ0v) is 9.26. The van der Waals surface area contributed by atoms with Crippen molar-refractivity contribution in [3.8, 4) is 0 Å². The van der Waals surface area contributed by atoms with Gasteiger partial charge in [0, 0.05) is 6.04 Å². The van der Waals surface area contributed by atoms with Crippen LogP contribution in [0, 0.1) is 13.8 Å². The van der Waals surface area contributed by atoms with E-state index in [1.165, 1.54) is 24.8 Å². The fourth-order valence-electron chi connectivity index (χ4n) is 2.14. The van der Waals surface area contributed by atoms with E-state index in [1.54, 1.807) is 0 Å². The van der Waals surface area contributed by atoms with Crippen LogP contribution in [0.5, 0.6) is 0 Å². The fourth-order valence-corrected chi connectivity index (χ4v) is 2.14. The number of nitrogens with one attached hydrogen (secondary N) is 1. The molecule has 1 aliphatic heterocycles. The van der Waals surface area contributed by atoms with Gasteiger partial charge in [0.25, 0.3) is 0 Å². The highest BCUT2D eigenvalue weighted by atomic mass is 16.3. The van der Waals surface area contributed by atoms with Crippen LogP contribution in [0.15, 0.2) is 10.5 Å². The Labute approximate surface area is 85.7 Å². The number of hydrogen-bond donors (Lipinski definition) is 1. The van der Waals surface area contributed by atoms with E-state index in [0.717, 1.165) is 11.5 Å². The second kappa shape index (κ2) is 3.77. The minimum atomic E-state index is 0.436. The smallest absolute Gasteiger partial charge is 0.121 e. The lowest BCUT2D eigenvalue weighted by Gasteiger charge is -2.27. The molecule has 0 amide bonds. The predicted molar refractivity (Wildman–Crippen MR) is 57.4 cm³/mol. The van der Waals surface area contributed by atoms with Gasteiger partial charge in [-0.25, -0.2) is 0 Å². The van der Waals surface area contributed by atoms with Crippen molar-refractivity contribution in [2.45, 2.75) is 52.1 Å². The lowest BCUT2D eigenvalue weighted by atomic mass is 9.98. The third-order valence-electron chi connectivity index (χ3n) is 3.14. The summed E-state index contributed by atoms with van der Waals surface area (Å²) in [5.41, 5.74) is 1.26. The number of furan rings is 1. The molecule has 2 heteroatoms. The summed E-state index contributed by atoms with van der Waals surface area (Å²) in [7, 11) is 0. The second-order valence-corrected chi connectivity index (χ2v) is 4.44. The summed E-state index contributed by atoms with van der Waals surface area (Å²) in [6.07, 6.45) is 3.80. The van der Waals surface area contributed by atoms with E-state index in [-0.39, 0.29) is 0 Å². The van der Waals surface area contributed by atoms with E-state index in [1.807, 2.05) is 6.92 Å². The molecule has 1 fully saturated rings. The summed E-state index contributed by atoms with van der Waals surface area (Å²) in [4.78, 5) is 0. The molecule has 1 aromatic rings. The molecule has 1 aliphatic rings. The zero-order valence-electron chi connectivity index (χ0n) is 9.26. The zero-order chi connectivity index (χ0) is 10.1. The molecule has 2 atom stereocenters. The molecule has 14 heavy (non-hydrogen) atoms. The first-order valence-electron chi connectivity index (χ1n) is 5.50. The van der Waals surface area contributed by atoms with E-state index in [4.69, 9.17) is 4.42 Å². The molecule has 2 unspecified atom stereocenters. The molecule has 0 saturated carbocycles. The Morgan fingerprint density at radius 3 is 2.71 bits per heavy atom. The van der Waals surface area contributed by atoms with Crippen LogP contribution in [0.2, 0.25) is 0 Å². The number of rotatable bonds is 1. The topological polar surface area (TPSA) is 25.2 Å². The van der Waals surface area contributed by atoms with Crippen LogP contribution in [0.4, 0.5) is 0 Å². The third-order valence-corrected chi connectivity index (χ3v) is 3.14. The summed E-state index contributed by atoms with van der Waals surface area (Å²) < 4.78 is 5.74. The minimum absolute atomic E-state index is 0.436. The van der Waals surface area contributed by atoms with E-state index in [0.29, 0.717) is 12.1 Å². The van der Waals surface area contributed by atoms with Gasteiger partial charge in [-0.15, -0.1) is 0 Å². The minimum Gasteiger partial charge on any atom is -0.464 e. The first-order valence-corrected chi connectivity index (χ1v) is 5.50. The molecule has 0 spiro atoms. The predicted octanol–water partition coefficient (Wildman–Crippen LogP) is 3.10. The Balaban J connectivity index is 2.14. The van der Waals surface area contributed by atoms with Gasteiger partial charge in [0.15, 0.2) is 0 Å². The molecular weight excluding hydrogens is 174 g/mol. The highest BCUT2D eigenvalue weighted by molar-refractivity contribution is 5.21. The van der Waals surface area contributed by atoms with Crippen molar-refractivity contribution >= 4 is 0 Å². The van der Waals surface area contributed by atoms with Crippen LogP contribution in [0.1, 0.15) is 49.3 Å². The monoisotopic (exact) mass is 193 g/mol. The molecule has 1 aromatic heterocycles. The average Bonchev–Trinajstić information content (AvgIpc) is 2.47. The third kappa shape index (κ3) is 1.85. The molecule has 0 radical (unpaired) electrons. The van der Waals surface area contributed by atoms with Gasteiger partial charge in [-0.2, -0.15) is 0 Å². The summed E-state index contributed by atoms with van der Waals surface area (Å²) in [5, 5.41) is 3.58. The SMILES string of the molecule is Cc1cc(C2CCCC(C)N2)oc1C. The van der Waals surface area contributed by atoms with Crippen molar-refractivity contribution in [2.24, 2.45) is 0 Å². The van der Waals surface area contributed by atoms with Gasteiger partial charge in [0.1, 0.15) is 11.5 Å². The molecule has 2 rings (SSSR count). The van der Waals surface area contributed by atoms with Crippen LogP contribution in [-0.2, 0) is 0 Å². The van der Waals surface area contributed by atoms with Crippen LogP contribution in [0.3, 0.4) is 0 Å². The molecule has 78 valence electrons. The number of aryl methyl sites for hydroxylation is 2. The maximum absolute atomic E-state index is 5.74. The van der Waals surface area contributed by atoms with Crippen molar-refractivity contribution in [1.29, 1.82) is 0 Å². The van der Waals surface area contributed by atoms with Crippen molar-refractivity contribution in [2.75, 3.05) is 0 Å². The Kier molecular flexibility index (Phi) is 2.64. The van der Waals surface area contributed by atoms with Crippen molar-refractivity contribution in [1.82, 2.24) is 5.32 Å². The summed E-state index contributed by atoms with van der Waals surface area (Å²) in [5.74, 6) is 2.17. The van der Waals surface area contributed by atoms with Gasteiger partial charge in [-0.05, 0) is 51.7 Å². The molecule has 0 aliphatic carbocycles. The number of hydrogen-bond acceptors (Lipinski definition) is 2. The Morgan fingerprint density at radius 1 is 1.36 bits per heavy atom. The summed E-state index contributed by atoms with van der Waals surface area (Å²) in [6, 6.07) is 3.23. The van der Waals surface area contributed by atoms with E-state index >= 15 is 0 Å². The molecule has 2 heterocycles. The van der Waals surface area contributed by atoms with Crippen LogP contribution in [0.25, 0.3) is 0 Å². The highest BCUT2D eigenvalue weighted by Crippen LogP contribution is 2.28. The Bertz CT molecular complexity index is 297. The van der Waals surface area contributed by atoms with Gasteiger partial charge in [-0.1, -0.05) is 0 Å². The first-order chi connectivity index (χ1) is 6.66. The summed E-state index contributed by atoms with van der Waals surface area (Å²) in [6.45, 7) is 6.38. The van der Waals surface area contributed by atoms with E-state index < -0.39 is 0 Å². The van der Waals surface area contributed by atoms with Gasteiger partial charge in [0.05, 0.1) is 6.04 Å². The molecule has 0 bridgehead atoms. The lowest BCUT2D eigenvalue weighted by molar-refractivity contribution is 0.298. The Hall–Kier alpha value is -0.760. The largest absolute Gasteiger partial charge is 0.464 e. The molecular formula is C12H19NO. The molecule has 1 saturated heterocycles. The fraction of sp³-hybridized carbons (Fsp3) is 0.667. The van der Waals surface area contributed by atoms with Crippen LogP contribution in [-0.4, -0.2) is 6.04 Å². The lowest BCUT2D eigenvalue weighted by Crippen LogP contribution is -2.34. The van der Waals surface area contributed by atoms with Crippen molar-refractivity contribution in [3.05, 3.63) is 23.2 Å². The maximum Gasteiger partial charge on any atom is 0.121 e. The molecule has 2 nitrogen and oxygen atoms in total. The highest BCUT2D eigenvalue weighted by Gasteiger charge is 2.22. The molecule has 1 N–H and O–H groups in total. The van der Waals surface area contributed by atoms with Crippen molar-refractivity contribution < 1.29 is 4.42 Å². The van der Waals surface area contributed by atoms with Crippen LogP contribution >= 0.6 is 0 Å². The van der Waals surface area contributed by atoms with E-state index in [9.17, 15) is 0 Å². The standard InChI is InChI=1S/C12H19NO/c1-8-7-12(14-10(8)3)11-6-4-5-9(2)13-11/h7,9,11,13H,4-6H2,1-3H3. The van der Waals surface area contributed by atoms with Gasteiger partial charge in [-0.3, -0.25) is 0 Å². The quantitative estimate of drug-likeness (QED) is 0.741. The Morgan fingerprint density at radius 2 is 2.14 bits per heavy atom. The molecule has 0 aromatic carbocycles. The van der Waals surface area contributed by atoms with Crippen molar-refractivity contribution in [3.63, 3.8) is 0 Å². The average molecular weight is 193 g/mol. The van der Waals surface area contributed by atoms with Gasteiger partial charge >= 0.3 is 0 Å². The maximum atomic E-state index is 5.74. The first kappa shape index (κ1) is 9.78. The van der Waals surface area contributed by atoms with Crippen LogP contribution < -0.4 is 5.32 Å². The summed E-state index contributed by atoms with van der Waals surface area (Å²) >= 11 is 0. The van der Waals surface area contributed by atoms with Gasteiger partial charge < -0.3 is 9.73 Å². The van der Waals surface area contributed by atoms with Gasteiger partial charge in [0.2, 0.25) is 0 Å². The number of piperidine rings is 1.